The van der Waals surface area contributed by atoms with Crippen molar-refractivity contribution in [3.05, 3.63) is 28.7 Å². The van der Waals surface area contributed by atoms with E-state index in [-0.39, 0.29) is 12.5 Å². The van der Waals surface area contributed by atoms with Crippen molar-refractivity contribution in [1.82, 2.24) is 15.0 Å². The Hall–Kier alpha value is -2.22. The highest BCUT2D eigenvalue weighted by Crippen LogP contribution is 2.22. The lowest BCUT2D eigenvalue weighted by Gasteiger charge is -2.05. The topological polar surface area (TPSA) is 86.1 Å². The lowest BCUT2D eigenvalue weighted by Crippen LogP contribution is -2.20. The molecule has 0 saturated heterocycles. The monoisotopic (exact) mass is 266 g/mol. The molecule has 7 nitrogen and oxygen atoms in total. The maximum atomic E-state index is 11.7. The molecule has 1 amide bonds. The van der Waals surface area contributed by atoms with E-state index in [1.165, 1.54) is 29.3 Å². The zero-order chi connectivity index (χ0) is 13.0. The second kappa shape index (κ2) is 5.41. The highest BCUT2D eigenvalue weighted by molar-refractivity contribution is 7.12. The molecule has 0 atom stereocenters. The zero-order valence-corrected chi connectivity index (χ0v) is 10.3. The zero-order valence-electron chi connectivity index (χ0n) is 9.49. The van der Waals surface area contributed by atoms with Gasteiger partial charge in [-0.3, -0.25) is 4.79 Å². The summed E-state index contributed by atoms with van der Waals surface area (Å²) < 4.78 is 6.00. The van der Waals surface area contributed by atoms with Gasteiger partial charge in [-0.1, -0.05) is 5.21 Å². The van der Waals surface area contributed by atoms with Gasteiger partial charge in [-0.2, -0.15) is 0 Å². The first kappa shape index (κ1) is 12.2. The molecule has 0 spiro atoms. The molecule has 2 aromatic rings. The molecule has 0 unspecified atom stereocenters. The molecule has 18 heavy (non-hydrogen) atoms. The summed E-state index contributed by atoms with van der Waals surface area (Å²) in [7, 11) is 1.29. The molecule has 2 aromatic heterocycles. The van der Waals surface area contributed by atoms with Crippen molar-refractivity contribution in [1.29, 1.82) is 0 Å². The summed E-state index contributed by atoms with van der Waals surface area (Å²) in [5.74, 6) is -0.759. The standard InChI is InChI=1S/C10H10N4O3S/c1-17-10(16)9-7(2-5-18-9)12-8(15)6-14-4-3-11-13-14/h2-5H,6H2,1H3,(H,12,15). The predicted molar refractivity (Wildman–Crippen MR) is 64.3 cm³/mol. The maximum Gasteiger partial charge on any atom is 0.350 e. The lowest BCUT2D eigenvalue weighted by atomic mass is 10.3. The highest BCUT2D eigenvalue weighted by Gasteiger charge is 2.15. The van der Waals surface area contributed by atoms with E-state index in [4.69, 9.17) is 0 Å². The van der Waals surface area contributed by atoms with Crippen molar-refractivity contribution in [3.8, 4) is 0 Å². The van der Waals surface area contributed by atoms with Crippen LogP contribution in [0, 0.1) is 0 Å². The minimum absolute atomic E-state index is 0.0382. The second-order valence-corrected chi connectivity index (χ2v) is 4.22. The maximum absolute atomic E-state index is 11.7. The van der Waals surface area contributed by atoms with E-state index >= 15 is 0 Å². The van der Waals surface area contributed by atoms with Gasteiger partial charge in [0.15, 0.2) is 0 Å². The number of anilines is 1. The molecule has 1 N–H and O–H groups in total. The Morgan fingerprint density at radius 1 is 1.56 bits per heavy atom. The van der Waals surface area contributed by atoms with Gasteiger partial charge in [-0.25, -0.2) is 9.48 Å². The number of ether oxygens (including phenoxy) is 1. The summed E-state index contributed by atoms with van der Waals surface area (Å²) in [6.45, 7) is 0.0382. The number of nitrogens with one attached hydrogen (secondary N) is 1. The van der Waals surface area contributed by atoms with Gasteiger partial charge in [-0.05, 0) is 11.4 Å². The largest absolute Gasteiger partial charge is 0.465 e. The van der Waals surface area contributed by atoms with Crippen LogP contribution in [0.1, 0.15) is 9.67 Å². The molecule has 8 heteroatoms. The van der Waals surface area contributed by atoms with Gasteiger partial charge in [0.25, 0.3) is 0 Å². The van der Waals surface area contributed by atoms with E-state index in [1.807, 2.05) is 0 Å². The average molecular weight is 266 g/mol. The second-order valence-electron chi connectivity index (χ2n) is 3.30. The number of hydrogen-bond donors (Lipinski definition) is 1. The number of amides is 1. The Labute approximate surface area is 106 Å². The first-order valence-corrected chi connectivity index (χ1v) is 5.88. The summed E-state index contributed by atoms with van der Waals surface area (Å²) in [5.41, 5.74) is 0.442. The van der Waals surface area contributed by atoms with Crippen LogP contribution in [0.4, 0.5) is 5.69 Å². The number of rotatable bonds is 4. The summed E-state index contributed by atoms with van der Waals surface area (Å²) in [5, 5.41) is 11.6. The lowest BCUT2D eigenvalue weighted by molar-refractivity contribution is -0.116. The van der Waals surface area contributed by atoms with Gasteiger partial charge in [0.2, 0.25) is 5.91 Å². The van der Waals surface area contributed by atoms with Gasteiger partial charge in [0, 0.05) is 6.20 Å². The van der Waals surface area contributed by atoms with Gasteiger partial charge in [-0.15, -0.1) is 16.4 Å². The third-order valence-electron chi connectivity index (χ3n) is 2.09. The van der Waals surface area contributed by atoms with E-state index in [2.05, 4.69) is 20.4 Å². The molecule has 2 heterocycles. The first-order valence-electron chi connectivity index (χ1n) is 5.00. The van der Waals surface area contributed by atoms with Crippen molar-refractivity contribution in [2.75, 3.05) is 12.4 Å². The number of hydrogen-bond acceptors (Lipinski definition) is 6. The number of aromatic nitrogens is 3. The number of esters is 1. The molecule has 0 aliphatic carbocycles. The van der Waals surface area contributed by atoms with Crippen molar-refractivity contribution in [3.63, 3.8) is 0 Å². The Kier molecular flexibility index (Phi) is 3.68. The third-order valence-corrected chi connectivity index (χ3v) is 2.98. The molecule has 0 fully saturated rings. The number of carbonyl (C=O) groups excluding carboxylic acids is 2. The van der Waals surface area contributed by atoms with Crippen molar-refractivity contribution in [2.45, 2.75) is 6.54 Å². The summed E-state index contributed by atoms with van der Waals surface area (Å²) >= 11 is 1.21. The van der Waals surface area contributed by atoms with E-state index in [0.717, 1.165) is 0 Å². The van der Waals surface area contributed by atoms with Gasteiger partial charge in [0.1, 0.15) is 11.4 Å². The molecule has 2 rings (SSSR count). The summed E-state index contributed by atoms with van der Waals surface area (Å²) in [6.07, 6.45) is 3.06. The van der Waals surface area contributed by atoms with Crippen LogP contribution in [-0.2, 0) is 16.1 Å². The first-order chi connectivity index (χ1) is 8.70. The fourth-order valence-electron chi connectivity index (χ4n) is 1.31. The number of nitrogens with zero attached hydrogens (tertiary/aromatic N) is 3. The third kappa shape index (κ3) is 2.72. The predicted octanol–water partition coefficient (Wildman–Crippen LogP) is 0.765. The van der Waals surface area contributed by atoms with Crippen LogP contribution in [0.15, 0.2) is 23.8 Å². The van der Waals surface area contributed by atoms with Gasteiger partial charge >= 0.3 is 5.97 Å². The fraction of sp³-hybridized carbons (Fsp3) is 0.200. The van der Waals surface area contributed by atoms with Crippen LogP contribution in [0.5, 0.6) is 0 Å². The number of thiophene rings is 1. The van der Waals surface area contributed by atoms with Crippen molar-refractivity contribution < 1.29 is 14.3 Å². The van der Waals surface area contributed by atoms with E-state index < -0.39 is 5.97 Å². The Morgan fingerprint density at radius 2 is 2.39 bits per heavy atom. The molecule has 0 aromatic carbocycles. The van der Waals surface area contributed by atoms with Crippen LogP contribution in [0.2, 0.25) is 0 Å². The van der Waals surface area contributed by atoms with Crippen LogP contribution in [0.25, 0.3) is 0 Å². The van der Waals surface area contributed by atoms with Gasteiger partial charge in [0.05, 0.1) is 19.0 Å². The minimum atomic E-state index is -0.471. The van der Waals surface area contributed by atoms with E-state index in [9.17, 15) is 9.59 Å². The summed E-state index contributed by atoms with van der Waals surface area (Å²) in [4.78, 5) is 23.5. The SMILES string of the molecule is COC(=O)c1sccc1NC(=O)Cn1ccnn1. The van der Waals surface area contributed by atoms with E-state index in [1.54, 1.807) is 17.6 Å². The van der Waals surface area contributed by atoms with Crippen LogP contribution in [-0.4, -0.2) is 34.0 Å². The smallest absolute Gasteiger partial charge is 0.350 e. The number of methoxy groups -OCH3 is 1. The average Bonchev–Trinajstić information content (AvgIpc) is 2.99. The molecular formula is C10H10N4O3S. The summed E-state index contributed by atoms with van der Waals surface area (Å²) in [6, 6.07) is 1.65. The molecule has 94 valence electrons. The van der Waals surface area contributed by atoms with Gasteiger partial charge < -0.3 is 10.1 Å². The van der Waals surface area contributed by atoms with E-state index in [0.29, 0.717) is 10.6 Å². The fourth-order valence-corrected chi connectivity index (χ4v) is 2.08. The molecule has 0 radical (unpaired) electrons. The van der Waals surface area contributed by atoms with Crippen molar-refractivity contribution >= 4 is 28.9 Å². The van der Waals surface area contributed by atoms with Crippen LogP contribution >= 0.6 is 11.3 Å². The quantitative estimate of drug-likeness (QED) is 0.826. The van der Waals surface area contributed by atoms with Crippen molar-refractivity contribution in [2.24, 2.45) is 0 Å². The Morgan fingerprint density at radius 3 is 3.06 bits per heavy atom. The highest BCUT2D eigenvalue weighted by atomic mass is 32.1. The Bertz CT molecular complexity index is 549. The molecule has 0 aliphatic rings. The molecule has 0 aliphatic heterocycles. The molecule has 0 bridgehead atoms. The Balaban J connectivity index is 2.03. The normalized spacial score (nSPS) is 10.1. The molecular weight excluding hydrogens is 256 g/mol. The van der Waals surface area contributed by atoms with Crippen LogP contribution in [0.3, 0.4) is 0 Å². The minimum Gasteiger partial charge on any atom is -0.465 e. The molecule has 0 saturated carbocycles. The number of carbonyl (C=O) groups is 2. The van der Waals surface area contributed by atoms with Crippen LogP contribution < -0.4 is 5.32 Å².